The summed E-state index contributed by atoms with van der Waals surface area (Å²) in [6.07, 6.45) is 4.62. The monoisotopic (exact) mass is 297 g/mol. The molecule has 0 spiro atoms. The molecule has 0 N–H and O–H groups in total. The molecular weight excluding hydrogens is 266 g/mol. The number of nitrogens with zero attached hydrogens (tertiary/aromatic N) is 3. The zero-order valence-electron chi connectivity index (χ0n) is 13.7. The van der Waals surface area contributed by atoms with Crippen molar-refractivity contribution >= 4 is 5.91 Å². The van der Waals surface area contributed by atoms with Crippen LogP contribution in [0.25, 0.3) is 0 Å². The third-order valence-corrected chi connectivity index (χ3v) is 4.46. The highest BCUT2D eigenvalue weighted by Gasteiger charge is 2.25. The number of rotatable bonds is 5. The predicted molar refractivity (Wildman–Crippen MR) is 84.4 cm³/mol. The minimum absolute atomic E-state index is 0.248. The van der Waals surface area contributed by atoms with E-state index in [-0.39, 0.29) is 12.0 Å². The Morgan fingerprint density at radius 1 is 1.14 bits per heavy atom. The number of carbonyl (C=O) groups excluding carboxylic acids is 1. The summed E-state index contributed by atoms with van der Waals surface area (Å²) in [6.45, 7) is 9.45. The van der Waals surface area contributed by atoms with E-state index in [1.807, 2.05) is 4.90 Å². The van der Waals surface area contributed by atoms with E-state index in [1.54, 1.807) is 0 Å². The molecule has 1 amide bonds. The van der Waals surface area contributed by atoms with Gasteiger partial charge in [0.25, 0.3) is 0 Å². The second-order valence-electron chi connectivity index (χ2n) is 6.41. The van der Waals surface area contributed by atoms with Crippen molar-refractivity contribution in [2.45, 2.75) is 38.7 Å². The maximum absolute atomic E-state index is 12.5. The van der Waals surface area contributed by atoms with Gasteiger partial charge in [-0.1, -0.05) is 6.92 Å². The molecule has 1 atom stereocenters. The van der Waals surface area contributed by atoms with E-state index >= 15 is 0 Å². The minimum Gasteiger partial charge on any atom is -0.376 e. The van der Waals surface area contributed by atoms with E-state index in [4.69, 9.17) is 4.74 Å². The van der Waals surface area contributed by atoms with Gasteiger partial charge >= 0.3 is 0 Å². The Bertz CT molecular complexity index is 325. The maximum Gasteiger partial charge on any atom is 0.236 e. The Morgan fingerprint density at radius 3 is 2.81 bits per heavy atom. The molecule has 2 aliphatic rings. The summed E-state index contributed by atoms with van der Waals surface area (Å²) >= 11 is 0. The fraction of sp³-hybridized carbons (Fsp3) is 0.938. The van der Waals surface area contributed by atoms with Crippen LogP contribution in [0.2, 0.25) is 0 Å². The van der Waals surface area contributed by atoms with Gasteiger partial charge in [0.1, 0.15) is 0 Å². The number of likely N-dealkylation sites (N-methyl/N-ethyl adjacent to an activating group) is 1. The topological polar surface area (TPSA) is 36.0 Å². The van der Waals surface area contributed by atoms with Gasteiger partial charge in [-0.2, -0.15) is 0 Å². The van der Waals surface area contributed by atoms with Crippen molar-refractivity contribution in [3.8, 4) is 0 Å². The standard InChI is InChI=1S/C16H31N3O2/c1-3-12-21-15-6-4-9-19(13-15)16(20)14-18-8-5-7-17(2)10-11-18/h15H,3-14H2,1-2H3. The largest absolute Gasteiger partial charge is 0.376 e. The molecular formula is C16H31N3O2. The number of hydrogen-bond donors (Lipinski definition) is 0. The lowest BCUT2D eigenvalue weighted by Gasteiger charge is -2.34. The van der Waals surface area contributed by atoms with E-state index in [9.17, 15) is 4.79 Å². The van der Waals surface area contributed by atoms with Gasteiger partial charge in [0.05, 0.1) is 12.6 Å². The molecule has 0 aromatic carbocycles. The normalized spacial score (nSPS) is 25.8. The average Bonchev–Trinajstić information content (AvgIpc) is 2.70. The molecule has 21 heavy (non-hydrogen) atoms. The van der Waals surface area contributed by atoms with Crippen LogP contribution >= 0.6 is 0 Å². The first-order valence-corrected chi connectivity index (χ1v) is 8.49. The van der Waals surface area contributed by atoms with Crippen LogP contribution in [0.5, 0.6) is 0 Å². The first-order valence-electron chi connectivity index (χ1n) is 8.49. The van der Waals surface area contributed by atoms with Gasteiger partial charge in [-0.05, 0) is 45.8 Å². The Labute approximate surface area is 129 Å². The average molecular weight is 297 g/mol. The fourth-order valence-corrected chi connectivity index (χ4v) is 3.13. The Morgan fingerprint density at radius 2 is 2.00 bits per heavy atom. The molecule has 0 aliphatic carbocycles. The molecule has 0 saturated carbocycles. The van der Waals surface area contributed by atoms with Crippen LogP contribution in [0.15, 0.2) is 0 Å². The van der Waals surface area contributed by atoms with E-state index in [2.05, 4.69) is 23.8 Å². The van der Waals surface area contributed by atoms with Gasteiger partial charge in [-0.15, -0.1) is 0 Å². The van der Waals surface area contributed by atoms with Crippen molar-refractivity contribution in [1.82, 2.24) is 14.7 Å². The van der Waals surface area contributed by atoms with Crippen molar-refractivity contribution < 1.29 is 9.53 Å². The number of likely N-dealkylation sites (tertiary alicyclic amines) is 1. The molecule has 2 aliphatic heterocycles. The molecule has 122 valence electrons. The molecule has 2 fully saturated rings. The van der Waals surface area contributed by atoms with Crippen molar-refractivity contribution in [2.75, 3.05) is 59.5 Å². The number of amides is 1. The molecule has 2 rings (SSSR count). The zero-order valence-corrected chi connectivity index (χ0v) is 13.7. The lowest BCUT2D eigenvalue weighted by Crippen LogP contribution is -2.47. The van der Waals surface area contributed by atoms with Crippen molar-refractivity contribution in [2.24, 2.45) is 0 Å². The SMILES string of the molecule is CCCOC1CCCN(C(=O)CN2CCCN(C)CC2)C1. The highest BCUT2D eigenvalue weighted by atomic mass is 16.5. The number of piperidine rings is 1. The summed E-state index contributed by atoms with van der Waals surface area (Å²) < 4.78 is 5.82. The van der Waals surface area contributed by atoms with Gasteiger partial charge in [-0.25, -0.2) is 0 Å². The summed E-state index contributed by atoms with van der Waals surface area (Å²) in [7, 11) is 2.16. The van der Waals surface area contributed by atoms with Crippen LogP contribution < -0.4 is 0 Å². The third-order valence-electron chi connectivity index (χ3n) is 4.46. The van der Waals surface area contributed by atoms with Crippen LogP contribution in [0, 0.1) is 0 Å². The smallest absolute Gasteiger partial charge is 0.236 e. The van der Waals surface area contributed by atoms with Crippen LogP contribution in [-0.4, -0.2) is 86.2 Å². The number of hydrogen-bond acceptors (Lipinski definition) is 4. The predicted octanol–water partition coefficient (Wildman–Crippen LogP) is 1.04. The zero-order chi connectivity index (χ0) is 15.1. The minimum atomic E-state index is 0.248. The summed E-state index contributed by atoms with van der Waals surface area (Å²) in [5.74, 6) is 0.282. The van der Waals surface area contributed by atoms with E-state index in [0.717, 1.165) is 71.6 Å². The number of ether oxygens (including phenoxy) is 1. The Balaban J connectivity index is 1.76. The fourth-order valence-electron chi connectivity index (χ4n) is 3.13. The van der Waals surface area contributed by atoms with Gasteiger partial charge in [-0.3, -0.25) is 9.69 Å². The summed E-state index contributed by atoms with van der Waals surface area (Å²) in [6, 6.07) is 0. The van der Waals surface area contributed by atoms with Gasteiger partial charge in [0, 0.05) is 32.8 Å². The summed E-state index contributed by atoms with van der Waals surface area (Å²) in [4.78, 5) is 19.2. The van der Waals surface area contributed by atoms with Crippen LogP contribution in [0.1, 0.15) is 32.6 Å². The Kier molecular flexibility index (Phi) is 6.93. The molecule has 2 heterocycles. The summed E-state index contributed by atoms with van der Waals surface area (Å²) in [5, 5.41) is 0. The van der Waals surface area contributed by atoms with Crippen molar-refractivity contribution in [3.05, 3.63) is 0 Å². The molecule has 2 saturated heterocycles. The van der Waals surface area contributed by atoms with Crippen LogP contribution in [-0.2, 0) is 9.53 Å². The first-order chi connectivity index (χ1) is 10.2. The lowest BCUT2D eigenvalue weighted by molar-refractivity contribution is -0.136. The molecule has 0 aromatic rings. The van der Waals surface area contributed by atoms with Crippen LogP contribution in [0.4, 0.5) is 0 Å². The molecule has 0 radical (unpaired) electrons. The van der Waals surface area contributed by atoms with E-state index in [0.29, 0.717) is 6.54 Å². The maximum atomic E-state index is 12.5. The van der Waals surface area contributed by atoms with Crippen molar-refractivity contribution in [3.63, 3.8) is 0 Å². The van der Waals surface area contributed by atoms with E-state index < -0.39 is 0 Å². The lowest BCUT2D eigenvalue weighted by atomic mass is 10.1. The first kappa shape index (κ1) is 16.7. The highest BCUT2D eigenvalue weighted by Crippen LogP contribution is 2.14. The third kappa shape index (κ3) is 5.57. The Hall–Kier alpha value is -0.650. The molecule has 0 bridgehead atoms. The van der Waals surface area contributed by atoms with Gasteiger partial charge < -0.3 is 14.5 Å². The van der Waals surface area contributed by atoms with Gasteiger partial charge in [0.15, 0.2) is 0 Å². The van der Waals surface area contributed by atoms with Crippen LogP contribution in [0.3, 0.4) is 0 Å². The quantitative estimate of drug-likeness (QED) is 0.760. The second kappa shape index (κ2) is 8.71. The highest BCUT2D eigenvalue weighted by molar-refractivity contribution is 5.78. The second-order valence-corrected chi connectivity index (χ2v) is 6.41. The van der Waals surface area contributed by atoms with Gasteiger partial charge in [0.2, 0.25) is 5.91 Å². The summed E-state index contributed by atoms with van der Waals surface area (Å²) in [5.41, 5.74) is 0. The molecule has 5 heteroatoms. The molecule has 5 nitrogen and oxygen atoms in total. The molecule has 1 unspecified atom stereocenters. The van der Waals surface area contributed by atoms with Crippen molar-refractivity contribution in [1.29, 1.82) is 0 Å². The van der Waals surface area contributed by atoms with E-state index in [1.165, 1.54) is 0 Å². The number of carbonyl (C=O) groups is 1. The molecule has 0 aromatic heterocycles.